The van der Waals surface area contributed by atoms with Gasteiger partial charge in [0.15, 0.2) is 0 Å². The molecule has 0 spiro atoms. The molecule has 3 amide bonds. The quantitative estimate of drug-likeness (QED) is 0.0553. The Labute approximate surface area is 323 Å². The molecule has 14 nitrogen and oxygen atoms in total. The molecular formula is C42H46N8O6. The number of nitrogens with one attached hydrogen (secondary N) is 3. The van der Waals surface area contributed by atoms with Crippen LogP contribution in [0.3, 0.4) is 0 Å². The van der Waals surface area contributed by atoms with Gasteiger partial charge in [-0.05, 0) is 110 Å². The number of alkyl carbamates (subject to hydrolysis) is 1. The zero-order valence-electron chi connectivity index (χ0n) is 31.6. The number of carbonyl (C=O) groups is 3. The van der Waals surface area contributed by atoms with Crippen LogP contribution in [-0.2, 0) is 24.1 Å². The molecule has 2 aromatic heterocycles. The second-order valence-electron chi connectivity index (χ2n) is 15.4. The fourth-order valence-corrected chi connectivity index (χ4v) is 8.50. The Morgan fingerprint density at radius 2 is 1.25 bits per heavy atom. The van der Waals surface area contributed by atoms with Crippen molar-refractivity contribution in [2.45, 2.75) is 75.5 Å². The fraction of sp³-hybridized carbons (Fsp3) is 0.429. The van der Waals surface area contributed by atoms with Gasteiger partial charge in [0.1, 0.15) is 23.7 Å². The molecule has 9 rings (SSSR count). The second-order valence-corrected chi connectivity index (χ2v) is 15.4. The van der Waals surface area contributed by atoms with E-state index in [1.807, 2.05) is 21.9 Å². The van der Waals surface area contributed by atoms with E-state index in [0.717, 1.165) is 107 Å². The van der Waals surface area contributed by atoms with E-state index in [9.17, 15) is 14.4 Å². The Hall–Kier alpha value is -5.76. The lowest BCUT2D eigenvalue weighted by Gasteiger charge is -2.28. The van der Waals surface area contributed by atoms with Crippen LogP contribution in [0.5, 0.6) is 0 Å². The number of hydrogen-bond donors (Lipinski definition) is 3. The molecule has 290 valence electrons. The number of likely N-dealkylation sites (tertiary alicyclic amines) is 2. The molecule has 2 saturated carbocycles. The van der Waals surface area contributed by atoms with E-state index in [1.54, 1.807) is 0 Å². The van der Waals surface area contributed by atoms with Crippen LogP contribution in [-0.4, -0.2) is 93.4 Å². The number of aliphatic imine (C=N–C) groups is 1. The summed E-state index contributed by atoms with van der Waals surface area (Å²) in [5.41, 5.74) is 7.82. The monoisotopic (exact) mass is 758 g/mol. The summed E-state index contributed by atoms with van der Waals surface area (Å²) in [6.07, 6.45) is 7.89. The standard InChI is InChI=1S/C42H46N8O6/c1-54-42(53)48-37(27-13-14-27)41(52)50-20-4-6-35(50)39-45-31-18-16-29(22-33(31)47-39)25-9-7-24(8-10-25)28-15-17-30-32(21-28)46-38(44-30)34-5-3-19-49(34)40(51)36(26-11-12-26)43-23-56-55-2/h7-10,15-18,21-23,26-27,34-37H,3-6,11-14,19-20H2,1-2H3,(H,44,46)(H,45,47)(H,48,53)/t34-,35-,36-,37+/m0/s1. The minimum Gasteiger partial charge on any atom is -0.453 e. The Bertz CT molecular complexity index is 2290. The molecule has 14 heteroatoms. The highest BCUT2D eigenvalue weighted by atomic mass is 17.2. The van der Waals surface area contributed by atoms with Crippen molar-refractivity contribution in [2.24, 2.45) is 16.8 Å². The Morgan fingerprint density at radius 3 is 1.75 bits per heavy atom. The minimum atomic E-state index is -0.579. The summed E-state index contributed by atoms with van der Waals surface area (Å²) >= 11 is 0. The van der Waals surface area contributed by atoms with E-state index in [4.69, 9.17) is 19.6 Å². The van der Waals surface area contributed by atoms with Crippen LogP contribution in [0.25, 0.3) is 44.3 Å². The van der Waals surface area contributed by atoms with Crippen LogP contribution in [0.4, 0.5) is 4.79 Å². The second kappa shape index (κ2) is 15.1. The van der Waals surface area contributed by atoms with E-state index < -0.39 is 18.2 Å². The molecule has 5 aromatic rings. The molecule has 3 N–H and O–H groups in total. The first-order valence-corrected chi connectivity index (χ1v) is 19.6. The van der Waals surface area contributed by atoms with Crippen molar-refractivity contribution in [1.29, 1.82) is 0 Å². The average Bonchev–Trinajstić information content (AvgIpc) is 4.00. The third-order valence-corrected chi connectivity index (χ3v) is 11.8. The molecule has 4 heterocycles. The number of fused-ring (bicyclic) bond motifs is 2. The highest BCUT2D eigenvalue weighted by Crippen LogP contribution is 2.40. The number of aromatic amines is 2. The van der Waals surface area contributed by atoms with Gasteiger partial charge >= 0.3 is 6.09 Å². The summed E-state index contributed by atoms with van der Waals surface area (Å²) in [7, 11) is 2.73. The van der Waals surface area contributed by atoms with Crippen LogP contribution in [0.15, 0.2) is 65.7 Å². The van der Waals surface area contributed by atoms with Crippen molar-refractivity contribution in [3.63, 3.8) is 0 Å². The van der Waals surface area contributed by atoms with Crippen molar-refractivity contribution >= 4 is 46.4 Å². The summed E-state index contributed by atoms with van der Waals surface area (Å²) in [5.74, 6) is 1.89. The molecule has 4 atom stereocenters. The number of rotatable bonds is 12. The molecule has 2 aliphatic heterocycles. The van der Waals surface area contributed by atoms with Gasteiger partial charge in [-0.3, -0.25) is 9.59 Å². The van der Waals surface area contributed by atoms with Gasteiger partial charge in [-0.25, -0.2) is 19.8 Å². The van der Waals surface area contributed by atoms with Gasteiger partial charge < -0.3 is 34.7 Å². The van der Waals surface area contributed by atoms with Gasteiger partial charge in [-0.1, -0.05) is 36.4 Å². The molecule has 0 bridgehead atoms. The highest BCUT2D eigenvalue weighted by molar-refractivity contribution is 5.88. The lowest BCUT2D eigenvalue weighted by atomic mass is 10.00. The summed E-state index contributed by atoms with van der Waals surface area (Å²) in [6.45, 7) is 1.30. The van der Waals surface area contributed by atoms with Crippen molar-refractivity contribution in [3.05, 3.63) is 72.3 Å². The van der Waals surface area contributed by atoms with Crippen molar-refractivity contribution in [1.82, 2.24) is 35.1 Å². The van der Waals surface area contributed by atoms with Crippen molar-refractivity contribution < 1.29 is 28.9 Å². The number of aromatic nitrogens is 4. The van der Waals surface area contributed by atoms with E-state index in [1.165, 1.54) is 20.6 Å². The Kier molecular flexibility index (Phi) is 9.66. The highest BCUT2D eigenvalue weighted by Gasteiger charge is 2.44. The number of benzene rings is 3. The smallest absolute Gasteiger partial charge is 0.407 e. The van der Waals surface area contributed by atoms with Crippen molar-refractivity contribution in [2.75, 3.05) is 27.3 Å². The van der Waals surface area contributed by atoms with Gasteiger partial charge in [-0.15, -0.1) is 0 Å². The summed E-state index contributed by atoms with van der Waals surface area (Å²) in [4.78, 5) is 73.9. The third kappa shape index (κ3) is 7.09. The van der Waals surface area contributed by atoms with E-state index in [-0.39, 0.29) is 35.7 Å². The normalized spacial score (nSPS) is 20.9. The van der Waals surface area contributed by atoms with Crippen LogP contribution in [0, 0.1) is 11.8 Å². The lowest BCUT2D eigenvalue weighted by molar-refractivity contribution is -0.188. The van der Waals surface area contributed by atoms with E-state index in [2.05, 4.69) is 73.7 Å². The van der Waals surface area contributed by atoms with Crippen molar-refractivity contribution in [3.8, 4) is 22.3 Å². The van der Waals surface area contributed by atoms with Crippen LogP contribution in [0.2, 0.25) is 0 Å². The molecule has 4 fully saturated rings. The van der Waals surface area contributed by atoms with E-state index >= 15 is 0 Å². The average molecular weight is 759 g/mol. The largest absolute Gasteiger partial charge is 0.453 e. The molecular weight excluding hydrogens is 713 g/mol. The molecule has 56 heavy (non-hydrogen) atoms. The predicted molar refractivity (Wildman–Crippen MR) is 209 cm³/mol. The number of H-pyrrole nitrogens is 2. The maximum atomic E-state index is 13.7. The topological polar surface area (TPSA) is 167 Å². The molecule has 2 aliphatic carbocycles. The van der Waals surface area contributed by atoms with Crippen LogP contribution in [0.1, 0.15) is 75.1 Å². The van der Waals surface area contributed by atoms with Crippen LogP contribution < -0.4 is 5.32 Å². The first kappa shape index (κ1) is 35.9. The third-order valence-electron chi connectivity index (χ3n) is 11.8. The number of nitrogens with zero attached hydrogens (tertiary/aromatic N) is 5. The Balaban J connectivity index is 0.897. The maximum absolute atomic E-state index is 13.7. The number of imidazole rings is 2. The van der Waals surface area contributed by atoms with E-state index in [0.29, 0.717) is 13.1 Å². The lowest BCUT2D eigenvalue weighted by Crippen LogP contribution is -2.49. The molecule has 4 aliphatic rings. The Morgan fingerprint density at radius 1 is 0.732 bits per heavy atom. The molecule has 2 saturated heterocycles. The predicted octanol–water partition coefficient (Wildman–Crippen LogP) is 6.62. The zero-order valence-corrected chi connectivity index (χ0v) is 31.6. The summed E-state index contributed by atoms with van der Waals surface area (Å²) in [6, 6.07) is 19.6. The van der Waals surface area contributed by atoms with Gasteiger partial charge in [0.05, 0.1) is 48.4 Å². The number of ether oxygens (including phenoxy) is 1. The number of carbonyl (C=O) groups excluding carboxylic acids is 3. The SMILES string of the molecule is COOC=N[C@H](C(=O)N1CCC[C@H]1c1nc2ccc(-c3ccc(-c4ccc5nc([C@@H]6CCCN6C(=O)[C@H](NC(=O)OC)C6CC6)[nH]c5c4)cc3)cc2[nH]1)C1CC1. The van der Waals surface area contributed by atoms with Gasteiger partial charge in [0, 0.05) is 13.1 Å². The first-order chi connectivity index (χ1) is 27.4. The fourth-order valence-electron chi connectivity index (χ4n) is 8.50. The van der Waals surface area contributed by atoms with Gasteiger partial charge in [-0.2, -0.15) is 4.89 Å². The minimum absolute atomic E-state index is 0.0138. The van der Waals surface area contributed by atoms with Gasteiger partial charge in [0.25, 0.3) is 0 Å². The number of amides is 3. The zero-order chi connectivity index (χ0) is 38.3. The maximum Gasteiger partial charge on any atom is 0.407 e. The molecule has 0 radical (unpaired) electrons. The number of methoxy groups -OCH3 is 1. The van der Waals surface area contributed by atoms with Gasteiger partial charge in [0.2, 0.25) is 18.2 Å². The van der Waals surface area contributed by atoms with Crippen LogP contribution >= 0.6 is 0 Å². The molecule has 0 unspecified atom stereocenters. The summed E-state index contributed by atoms with van der Waals surface area (Å²) in [5, 5.41) is 2.77. The first-order valence-electron chi connectivity index (χ1n) is 19.6. The number of hydrogen-bond acceptors (Lipinski definition) is 9. The molecule has 3 aromatic carbocycles. The summed E-state index contributed by atoms with van der Waals surface area (Å²) < 4.78 is 4.80.